The Kier molecular flexibility index (Phi) is 5.12. The fraction of sp³-hybridized carbons (Fsp3) is 0.375. The first kappa shape index (κ1) is 14.9. The van der Waals surface area contributed by atoms with Crippen molar-refractivity contribution in [1.29, 1.82) is 0 Å². The van der Waals surface area contributed by atoms with Gasteiger partial charge in [-0.05, 0) is 0 Å². The Morgan fingerprint density at radius 2 is 1.89 bits per heavy atom. The fourth-order valence-electron chi connectivity index (χ4n) is 0.883. The highest BCUT2D eigenvalue weighted by Gasteiger charge is 2.27. The van der Waals surface area contributed by atoms with E-state index in [1.54, 1.807) is 0 Å². The first-order chi connectivity index (χ1) is 8.29. The summed E-state index contributed by atoms with van der Waals surface area (Å²) < 4.78 is 39.4. The van der Waals surface area contributed by atoms with Gasteiger partial charge >= 0.3 is 6.18 Å². The van der Waals surface area contributed by atoms with Crippen molar-refractivity contribution < 1.29 is 22.7 Å². The largest absolute Gasteiger partial charge is 0.411 e. The van der Waals surface area contributed by atoms with Gasteiger partial charge in [-0.3, -0.25) is 4.79 Å². The van der Waals surface area contributed by atoms with Gasteiger partial charge in [0, 0.05) is 0 Å². The molecule has 18 heavy (non-hydrogen) atoms. The molecule has 0 aliphatic carbocycles. The van der Waals surface area contributed by atoms with E-state index in [9.17, 15) is 18.0 Å². The van der Waals surface area contributed by atoms with Gasteiger partial charge in [0.25, 0.3) is 5.91 Å². The molecule has 0 spiro atoms. The van der Waals surface area contributed by atoms with E-state index in [2.05, 4.69) is 20.0 Å². The molecule has 0 unspecified atom stereocenters. The minimum atomic E-state index is -4.49. The third-order valence-corrected chi connectivity index (χ3v) is 2.09. The third kappa shape index (κ3) is 5.03. The molecule has 10 heteroatoms. The van der Waals surface area contributed by atoms with Crippen LogP contribution in [0, 0.1) is 0 Å². The maximum Gasteiger partial charge on any atom is 0.411 e. The summed E-state index contributed by atoms with van der Waals surface area (Å²) >= 11 is 11.2. The number of halogens is 5. The van der Waals surface area contributed by atoms with Crippen LogP contribution in [0.2, 0.25) is 10.3 Å². The van der Waals surface area contributed by atoms with Crippen LogP contribution in [-0.2, 0) is 9.53 Å². The number of anilines is 1. The molecular formula is C8H6Cl2F3N3O2. The summed E-state index contributed by atoms with van der Waals surface area (Å²) in [6.07, 6.45) is -3.42. The Labute approximate surface area is 109 Å². The van der Waals surface area contributed by atoms with E-state index in [1.165, 1.54) is 0 Å². The molecule has 1 amide bonds. The van der Waals surface area contributed by atoms with E-state index >= 15 is 0 Å². The molecule has 0 atom stereocenters. The Morgan fingerprint density at radius 3 is 2.39 bits per heavy atom. The maximum atomic E-state index is 11.7. The number of hydrogen-bond donors (Lipinski definition) is 1. The Morgan fingerprint density at radius 1 is 1.33 bits per heavy atom. The van der Waals surface area contributed by atoms with Crippen LogP contribution in [0.15, 0.2) is 6.33 Å². The zero-order valence-corrected chi connectivity index (χ0v) is 10.1. The van der Waals surface area contributed by atoms with Crippen LogP contribution >= 0.6 is 23.2 Å². The number of rotatable bonds is 4. The molecule has 1 N–H and O–H groups in total. The number of nitrogens with one attached hydrogen (secondary N) is 1. The average Bonchev–Trinajstić information content (AvgIpc) is 2.22. The van der Waals surface area contributed by atoms with E-state index in [0.717, 1.165) is 6.33 Å². The molecular weight excluding hydrogens is 298 g/mol. The molecule has 0 saturated heterocycles. The average molecular weight is 304 g/mol. The molecule has 0 aromatic carbocycles. The lowest BCUT2D eigenvalue weighted by Gasteiger charge is -2.09. The predicted molar refractivity (Wildman–Crippen MR) is 57.6 cm³/mol. The molecule has 0 bridgehead atoms. The monoisotopic (exact) mass is 303 g/mol. The highest BCUT2D eigenvalue weighted by atomic mass is 35.5. The van der Waals surface area contributed by atoms with Gasteiger partial charge in [-0.15, -0.1) is 0 Å². The van der Waals surface area contributed by atoms with Crippen molar-refractivity contribution >= 4 is 34.8 Å². The molecule has 1 heterocycles. The van der Waals surface area contributed by atoms with Crippen molar-refractivity contribution in [3.05, 3.63) is 16.6 Å². The van der Waals surface area contributed by atoms with Crippen LogP contribution in [-0.4, -0.2) is 35.3 Å². The van der Waals surface area contributed by atoms with E-state index in [-0.39, 0.29) is 16.0 Å². The molecule has 1 rings (SSSR count). The summed E-state index contributed by atoms with van der Waals surface area (Å²) in [6, 6.07) is 0. The zero-order chi connectivity index (χ0) is 13.8. The molecule has 0 aliphatic heterocycles. The van der Waals surface area contributed by atoms with Gasteiger partial charge in [0.15, 0.2) is 10.3 Å². The number of carbonyl (C=O) groups excluding carboxylic acids is 1. The van der Waals surface area contributed by atoms with E-state index < -0.39 is 25.3 Å². The lowest BCUT2D eigenvalue weighted by molar-refractivity contribution is -0.174. The van der Waals surface area contributed by atoms with Gasteiger partial charge in [0.1, 0.15) is 25.2 Å². The zero-order valence-electron chi connectivity index (χ0n) is 8.59. The second-order valence-electron chi connectivity index (χ2n) is 2.99. The highest BCUT2D eigenvalue weighted by Crippen LogP contribution is 2.25. The number of ether oxygens (including phenoxy) is 1. The van der Waals surface area contributed by atoms with Crippen molar-refractivity contribution in [2.45, 2.75) is 6.18 Å². The summed E-state index contributed by atoms with van der Waals surface area (Å²) in [4.78, 5) is 18.3. The van der Waals surface area contributed by atoms with Crippen LogP contribution in [0.3, 0.4) is 0 Å². The topological polar surface area (TPSA) is 64.1 Å². The van der Waals surface area contributed by atoms with Crippen LogP contribution in [0.4, 0.5) is 18.9 Å². The summed E-state index contributed by atoms with van der Waals surface area (Å²) in [5, 5.41) is 1.89. The fourth-order valence-corrected chi connectivity index (χ4v) is 1.29. The molecule has 100 valence electrons. The predicted octanol–water partition coefficient (Wildman–Crippen LogP) is 2.30. The van der Waals surface area contributed by atoms with E-state index in [0.29, 0.717) is 0 Å². The number of amides is 1. The Bertz CT molecular complexity index is 422. The van der Waals surface area contributed by atoms with Crippen molar-refractivity contribution in [1.82, 2.24) is 9.97 Å². The number of nitrogens with zero attached hydrogens (tertiary/aromatic N) is 2. The van der Waals surface area contributed by atoms with Gasteiger partial charge < -0.3 is 10.1 Å². The number of hydrogen-bond acceptors (Lipinski definition) is 4. The minimum Gasteiger partial charge on any atom is -0.362 e. The number of carbonyl (C=O) groups is 1. The first-order valence-corrected chi connectivity index (χ1v) is 5.15. The lowest BCUT2D eigenvalue weighted by Crippen LogP contribution is -2.24. The van der Waals surface area contributed by atoms with Gasteiger partial charge in [-0.25, -0.2) is 9.97 Å². The standard InChI is InChI=1S/C8H6Cl2F3N3O2/c9-6-5(7(10)15-3-14-6)16-4(17)1-18-2-8(11,12)13/h3H,1-2H2,(H,16,17). The Balaban J connectivity index is 2.50. The van der Waals surface area contributed by atoms with E-state index in [4.69, 9.17) is 23.2 Å². The number of aromatic nitrogens is 2. The van der Waals surface area contributed by atoms with Gasteiger partial charge in [0.2, 0.25) is 0 Å². The van der Waals surface area contributed by atoms with Crippen LogP contribution in [0.25, 0.3) is 0 Å². The normalized spacial score (nSPS) is 11.4. The molecule has 0 aliphatic rings. The summed E-state index contributed by atoms with van der Waals surface area (Å²) in [6.45, 7) is -2.31. The minimum absolute atomic E-state index is 0.0820. The smallest absolute Gasteiger partial charge is 0.362 e. The maximum absolute atomic E-state index is 11.7. The first-order valence-electron chi connectivity index (χ1n) is 4.40. The molecule has 1 aromatic rings. The summed E-state index contributed by atoms with van der Waals surface area (Å²) in [5.41, 5.74) is -0.0820. The van der Waals surface area contributed by atoms with Crippen molar-refractivity contribution in [2.75, 3.05) is 18.5 Å². The van der Waals surface area contributed by atoms with Crippen LogP contribution in [0.1, 0.15) is 0 Å². The van der Waals surface area contributed by atoms with Gasteiger partial charge in [0.05, 0.1) is 0 Å². The second-order valence-corrected chi connectivity index (χ2v) is 3.70. The highest BCUT2D eigenvalue weighted by molar-refractivity contribution is 6.38. The molecule has 0 radical (unpaired) electrons. The molecule has 1 aromatic heterocycles. The van der Waals surface area contributed by atoms with E-state index in [1.807, 2.05) is 0 Å². The van der Waals surface area contributed by atoms with Gasteiger partial charge in [-0.1, -0.05) is 23.2 Å². The van der Waals surface area contributed by atoms with Crippen molar-refractivity contribution in [3.8, 4) is 0 Å². The molecule has 0 saturated carbocycles. The molecule has 0 fully saturated rings. The number of alkyl halides is 3. The summed E-state index contributed by atoms with van der Waals surface area (Å²) in [5.74, 6) is -0.849. The third-order valence-electron chi connectivity index (χ3n) is 1.52. The summed E-state index contributed by atoms with van der Waals surface area (Å²) in [7, 11) is 0. The Hall–Kier alpha value is -1.12. The lowest BCUT2D eigenvalue weighted by atomic mass is 10.5. The quantitative estimate of drug-likeness (QED) is 0.867. The van der Waals surface area contributed by atoms with Crippen molar-refractivity contribution in [3.63, 3.8) is 0 Å². The molecule has 5 nitrogen and oxygen atoms in total. The van der Waals surface area contributed by atoms with Gasteiger partial charge in [-0.2, -0.15) is 13.2 Å². The van der Waals surface area contributed by atoms with Crippen molar-refractivity contribution in [2.24, 2.45) is 0 Å². The van der Waals surface area contributed by atoms with Crippen LogP contribution < -0.4 is 5.32 Å². The SMILES string of the molecule is O=C(COCC(F)(F)F)Nc1c(Cl)ncnc1Cl. The van der Waals surface area contributed by atoms with Crippen LogP contribution in [0.5, 0.6) is 0 Å². The second kappa shape index (κ2) is 6.17.